The van der Waals surface area contributed by atoms with E-state index in [0.29, 0.717) is 0 Å². The van der Waals surface area contributed by atoms with Gasteiger partial charge in [-0.3, -0.25) is 4.79 Å². The summed E-state index contributed by atoms with van der Waals surface area (Å²) < 4.78 is 25.1. The van der Waals surface area contributed by atoms with E-state index in [0.717, 1.165) is 0 Å². The number of nitrogens with two attached hydrogens (primary N) is 1. The summed E-state index contributed by atoms with van der Waals surface area (Å²) >= 11 is 0. The number of ether oxygens (including phenoxy) is 1. The lowest BCUT2D eigenvalue weighted by molar-refractivity contribution is -0.131. The van der Waals surface area contributed by atoms with E-state index in [2.05, 4.69) is 0 Å². The molecule has 0 amide bonds. The summed E-state index contributed by atoms with van der Waals surface area (Å²) in [6.07, 6.45) is 0. The molecule has 1 aromatic carbocycles. The van der Waals surface area contributed by atoms with Gasteiger partial charge >= 0.3 is 0 Å². The van der Waals surface area contributed by atoms with E-state index >= 15 is 0 Å². The van der Waals surface area contributed by atoms with Crippen molar-refractivity contribution < 1.29 is 18.3 Å². The zero-order valence-electron chi connectivity index (χ0n) is 12.0. The van der Waals surface area contributed by atoms with Crippen LogP contribution in [0.15, 0.2) is 35.9 Å². The van der Waals surface area contributed by atoms with Crippen molar-refractivity contribution in [1.82, 2.24) is 0 Å². The van der Waals surface area contributed by atoms with Gasteiger partial charge in [0, 0.05) is 5.56 Å². The van der Waals surface area contributed by atoms with Crippen molar-refractivity contribution in [3.05, 3.63) is 47.3 Å². The van der Waals surface area contributed by atoms with Gasteiger partial charge in [0.2, 0.25) is 31.3 Å². The minimum atomic E-state index is -2.02. The number of carbonyl (C=O) groups excluding carboxylic acids is 1. The van der Waals surface area contributed by atoms with Crippen molar-refractivity contribution in [2.45, 2.75) is 32.2 Å². The Labute approximate surface area is 118 Å². The van der Waals surface area contributed by atoms with Gasteiger partial charge in [0.1, 0.15) is 5.82 Å². The first-order valence-corrected chi connectivity index (χ1v) is 9.73. The Morgan fingerprint density at radius 3 is 2.45 bits per heavy atom. The van der Waals surface area contributed by atoms with Crippen molar-refractivity contribution >= 4 is 14.1 Å². The van der Waals surface area contributed by atoms with Crippen molar-refractivity contribution in [1.29, 1.82) is 0 Å². The zero-order valence-corrected chi connectivity index (χ0v) is 13.0. The molecule has 1 aliphatic heterocycles. The Morgan fingerprint density at radius 2 is 1.90 bits per heavy atom. The van der Waals surface area contributed by atoms with Gasteiger partial charge in [-0.15, -0.1) is 0 Å². The van der Waals surface area contributed by atoms with E-state index in [1.807, 2.05) is 19.6 Å². The van der Waals surface area contributed by atoms with Crippen LogP contribution in [0.25, 0.3) is 0 Å². The van der Waals surface area contributed by atoms with Crippen LogP contribution in [0.4, 0.5) is 4.39 Å². The number of benzene rings is 1. The number of hydrogen-bond acceptors (Lipinski definition) is 4. The summed E-state index contributed by atoms with van der Waals surface area (Å²) in [5.41, 5.74) is 4.44. The molecule has 1 aliphatic rings. The highest BCUT2D eigenvalue weighted by atomic mass is 28.4. The SMILES string of the molecule is CC1(c2ccccc2F)OC(N)=C(O[Si](C)(C)C)C1=O. The predicted octanol–water partition coefficient (Wildman–Crippen LogP) is 2.62. The van der Waals surface area contributed by atoms with Crippen LogP contribution in [0.3, 0.4) is 0 Å². The van der Waals surface area contributed by atoms with Gasteiger partial charge in [0.15, 0.2) is 0 Å². The molecular formula is C14H18FNO3Si. The highest BCUT2D eigenvalue weighted by Gasteiger charge is 2.50. The molecule has 1 unspecified atom stereocenters. The smallest absolute Gasteiger partial charge is 0.249 e. The first-order chi connectivity index (χ1) is 9.15. The van der Waals surface area contributed by atoms with E-state index < -0.39 is 25.5 Å². The standard InChI is InChI=1S/C14H18FNO3Si/c1-14(9-7-5-6-8-10(9)15)12(17)11(13(16)18-14)19-20(2,3)4/h5-8H,16H2,1-4H3. The highest BCUT2D eigenvalue weighted by molar-refractivity contribution is 6.70. The van der Waals surface area contributed by atoms with Gasteiger partial charge in [-0.05, 0) is 32.6 Å². The summed E-state index contributed by atoms with van der Waals surface area (Å²) in [6.45, 7) is 7.29. The van der Waals surface area contributed by atoms with E-state index in [4.69, 9.17) is 14.9 Å². The third kappa shape index (κ3) is 2.43. The highest BCUT2D eigenvalue weighted by Crippen LogP contribution is 2.39. The lowest BCUT2D eigenvalue weighted by Crippen LogP contribution is -2.35. The maximum absolute atomic E-state index is 13.9. The van der Waals surface area contributed by atoms with Crippen LogP contribution in [0, 0.1) is 5.82 Å². The minimum Gasteiger partial charge on any atom is -0.538 e. The van der Waals surface area contributed by atoms with Crippen LogP contribution < -0.4 is 5.73 Å². The molecule has 6 heteroatoms. The molecule has 0 fully saturated rings. The van der Waals surface area contributed by atoms with Gasteiger partial charge in [0.25, 0.3) is 0 Å². The Balaban J connectivity index is 2.40. The molecule has 108 valence electrons. The average Bonchev–Trinajstić information content (AvgIpc) is 2.53. The third-order valence-electron chi connectivity index (χ3n) is 2.97. The second-order valence-electron chi connectivity index (χ2n) is 5.85. The van der Waals surface area contributed by atoms with Gasteiger partial charge in [0.05, 0.1) is 0 Å². The summed E-state index contributed by atoms with van der Waals surface area (Å²) in [5.74, 6) is -1.02. The van der Waals surface area contributed by atoms with Crippen LogP contribution >= 0.6 is 0 Å². The zero-order chi connectivity index (χ0) is 15.1. The van der Waals surface area contributed by atoms with Gasteiger partial charge in [-0.2, -0.15) is 0 Å². The van der Waals surface area contributed by atoms with Crippen molar-refractivity contribution in [2.75, 3.05) is 0 Å². The minimum absolute atomic E-state index is 0.00918. The number of ketones is 1. The monoisotopic (exact) mass is 295 g/mol. The number of halogens is 1. The lowest BCUT2D eigenvalue weighted by Gasteiger charge is -2.24. The Kier molecular flexibility index (Phi) is 3.37. The fourth-order valence-corrected chi connectivity index (χ4v) is 2.88. The topological polar surface area (TPSA) is 61.6 Å². The Morgan fingerprint density at radius 1 is 1.30 bits per heavy atom. The summed E-state index contributed by atoms with van der Waals surface area (Å²) in [4.78, 5) is 12.5. The molecular weight excluding hydrogens is 277 g/mol. The normalized spacial score (nSPS) is 22.9. The largest absolute Gasteiger partial charge is 0.538 e. The van der Waals surface area contributed by atoms with Crippen LogP contribution in [0.1, 0.15) is 12.5 Å². The molecule has 1 atom stereocenters. The average molecular weight is 295 g/mol. The summed E-state index contributed by atoms with van der Waals surface area (Å²) in [6, 6.07) is 5.99. The maximum atomic E-state index is 13.9. The van der Waals surface area contributed by atoms with Crippen molar-refractivity contribution in [2.24, 2.45) is 5.73 Å². The predicted molar refractivity (Wildman–Crippen MR) is 75.5 cm³/mol. The third-order valence-corrected chi connectivity index (χ3v) is 3.79. The molecule has 0 bridgehead atoms. The molecule has 0 saturated carbocycles. The fourth-order valence-electron chi connectivity index (χ4n) is 2.07. The van der Waals surface area contributed by atoms with E-state index in [1.54, 1.807) is 12.1 Å². The van der Waals surface area contributed by atoms with Gasteiger partial charge < -0.3 is 14.9 Å². The fraction of sp³-hybridized carbons (Fsp3) is 0.357. The Bertz CT molecular complexity index is 594. The quantitative estimate of drug-likeness (QED) is 0.871. The second-order valence-corrected chi connectivity index (χ2v) is 10.3. The van der Waals surface area contributed by atoms with Crippen molar-refractivity contribution in [3.8, 4) is 0 Å². The lowest BCUT2D eigenvalue weighted by atomic mass is 9.91. The first kappa shape index (κ1) is 14.6. The molecule has 0 aliphatic carbocycles. The molecule has 0 spiro atoms. The number of rotatable bonds is 3. The van der Waals surface area contributed by atoms with Crippen molar-refractivity contribution in [3.63, 3.8) is 0 Å². The molecule has 0 aromatic heterocycles. The number of hydrogen-bond donors (Lipinski definition) is 1. The molecule has 0 radical (unpaired) electrons. The molecule has 2 rings (SSSR count). The van der Waals surface area contributed by atoms with Gasteiger partial charge in [-0.25, -0.2) is 4.39 Å². The first-order valence-electron chi connectivity index (χ1n) is 6.33. The van der Waals surface area contributed by atoms with E-state index in [1.165, 1.54) is 19.1 Å². The molecule has 1 aromatic rings. The molecule has 20 heavy (non-hydrogen) atoms. The van der Waals surface area contributed by atoms with Crippen LogP contribution in [-0.2, 0) is 19.6 Å². The van der Waals surface area contributed by atoms with Gasteiger partial charge in [-0.1, -0.05) is 18.2 Å². The molecule has 0 saturated heterocycles. The van der Waals surface area contributed by atoms with E-state index in [9.17, 15) is 9.18 Å². The summed E-state index contributed by atoms with van der Waals surface area (Å²) in [7, 11) is -2.02. The van der Waals surface area contributed by atoms with Crippen LogP contribution in [0.5, 0.6) is 0 Å². The Hall–Kier alpha value is -1.82. The maximum Gasteiger partial charge on any atom is 0.249 e. The van der Waals surface area contributed by atoms with Crippen LogP contribution in [-0.4, -0.2) is 14.1 Å². The number of carbonyl (C=O) groups is 1. The van der Waals surface area contributed by atoms with E-state index in [-0.39, 0.29) is 17.2 Å². The molecule has 4 nitrogen and oxygen atoms in total. The second kappa shape index (κ2) is 4.62. The molecule has 2 N–H and O–H groups in total. The van der Waals surface area contributed by atoms with Crippen LogP contribution in [0.2, 0.25) is 19.6 Å². The summed E-state index contributed by atoms with van der Waals surface area (Å²) in [5, 5.41) is 0. The molecule has 1 heterocycles. The number of Topliss-reactive ketones (excluding diaryl/α,β-unsaturated/α-hetero) is 1.